The smallest absolute Gasteiger partial charge is 0.317 e. The average molecular weight is 309 g/mol. The zero-order valence-corrected chi connectivity index (χ0v) is 13.0. The molecule has 1 heterocycles. The van der Waals surface area contributed by atoms with E-state index in [9.17, 15) is 9.59 Å². The van der Waals surface area contributed by atoms with Crippen molar-refractivity contribution in [3.8, 4) is 5.88 Å². The van der Waals surface area contributed by atoms with Gasteiger partial charge in [0.05, 0.1) is 13.0 Å². The standard InChI is InChI=1S/C15H23N3O4/c1-3-4-10-22-14-12(6-5-8-16-14)11-17-15(21)18(2)9-7-13(19)20/h5-6,8H,3-4,7,9-11H2,1-2H3,(H,17,21)(H,19,20). The first-order chi connectivity index (χ1) is 10.5. The van der Waals surface area contributed by atoms with Crippen molar-refractivity contribution in [2.45, 2.75) is 32.7 Å². The van der Waals surface area contributed by atoms with Crippen LogP contribution in [0.2, 0.25) is 0 Å². The van der Waals surface area contributed by atoms with Gasteiger partial charge in [-0.1, -0.05) is 19.4 Å². The molecule has 7 heteroatoms. The minimum absolute atomic E-state index is 0.0812. The molecule has 0 spiro atoms. The van der Waals surface area contributed by atoms with Gasteiger partial charge in [-0.3, -0.25) is 4.79 Å². The Balaban J connectivity index is 2.49. The summed E-state index contributed by atoms with van der Waals surface area (Å²) in [4.78, 5) is 27.9. The predicted octanol–water partition coefficient (Wildman–Crippen LogP) is 1.88. The van der Waals surface area contributed by atoms with Gasteiger partial charge in [-0.15, -0.1) is 0 Å². The van der Waals surface area contributed by atoms with Crippen LogP contribution in [0, 0.1) is 0 Å². The van der Waals surface area contributed by atoms with Crippen molar-refractivity contribution in [3.05, 3.63) is 23.9 Å². The van der Waals surface area contributed by atoms with Gasteiger partial charge in [-0.05, 0) is 12.5 Å². The van der Waals surface area contributed by atoms with Crippen LogP contribution >= 0.6 is 0 Å². The van der Waals surface area contributed by atoms with Crippen LogP contribution in [0.5, 0.6) is 5.88 Å². The number of urea groups is 1. The maximum Gasteiger partial charge on any atom is 0.317 e. The summed E-state index contributed by atoms with van der Waals surface area (Å²) in [6.07, 6.45) is 3.54. The first-order valence-electron chi connectivity index (χ1n) is 7.32. The number of nitrogens with one attached hydrogen (secondary N) is 1. The van der Waals surface area contributed by atoms with E-state index in [-0.39, 0.29) is 25.5 Å². The monoisotopic (exact) mass is 309 g/mol. The highest BCUT2D eigenvalue weighted by Crippen LogP contribution is 2.14. The second kappa shape index (κ2) is 9.59. The SMILES string of the molecule is CCCCOc1ncccc1CNC(=O)N(C)CCC(=O)O. The Bertz CT molecular complexity index is 493. The maximum absolute atomic E-state index is 11.9. The normalized spacial score (nSPS) is 10.1. The highest BCUT2D eigenvalue weighted by molar-refractivity contribution is 5.75. The van der Waals surface area contributed by atoms with E-state index in [4.69, 9.17) is 9.84 Å². The fourth-order valence-corrected chi connectivity index (χ4v) is 1.67. The van der Waals surface area contributed by atoms with Gasteiger partial charge >= 0.3 is 12.0 Å². The van der Waals surface area contributed by atoms with Crippen molar-refractivity contribution >= 4 is 12.0 Å². The summed E-state index contributed by atoms with van der Waals surface area (Å²) in [6.45, 7) is 3.11. The fraction of sp³-hybridized carbons (Fsp3) is 0.533. The molecule has 0 aliphatic carbocycles. The molecule has 0 bridgehead atoms. The number of carbonyl (C=O) groups is 2. The molecule has 1 aromatic heterocycles. The first kappa shape index (κ1) is 17.7. The molecular formula is C15H23N3O4. The third-order valence-corrected chi connectivity index (χ3v) is 3.02. The molecule has 0 aliphatic rings. The van der Waals surface area contributed by atoms with Crippen molar-refractivity contribution in [2.24, 2.45) is 0 Å². The Morgan fingerprint density at radius 2 is 2.23 bits per heavy atom. The molecule has 0 saturated heterocycles. The fourth-order valence-electron chi connectivity index (χ4n) is 1.67. The summed E-state index contributed by atoms with van der Waals surface area (Å²) in [7, 11) is 1.56. The third kappa shape index (κ3) is 6.43. The Hall–Kier alpha value is -2.31. The number of aromatic nitrogens is 1. The van der Waals surface area contributed by atoms with Crippen molar-refractivity contribution in [2.75, 3.05) is 20.2 Å². The molecule has 0 fully saturated rings. The van der Waals surface area contributed by atoms with Crippen LogP contribution in [0.1, 0.15) is 31.7 Å². The number of hydrogen-bond donors (Lipinski definition) is 2. The van der Waals surface area contributed by atoms with E-state index >= 15 is 0 Å². The van der Waals surface area contributed by atoms with E-state index in [0.29, 0.717) is 12.5 Å². The number of carboxylic acids is 1. The number of carboxylic acid groups (broad SMARTS) is 1. The number of rotatable bonds is 9. The van der Waals surface area contributed by atoms with Crippen LogP contribution in [-0.4, -0.2) is 47.2 Å². The molecule has 7 nitrogen and oxygen atoms in total. The molecular weight excluding hydrogens is 286 g/mol. The van der Waals surface area contributed by atoms with E-state index < -0.39 is 5.97 Å². The van der Waals surface area contributed by atoms with E-state index in [1.54, 1.807) is 19.3 Å². The minimum Gasteiger partial charge on any atom is -0.481 e. The number of nitrogens with zero attached hydrogens (tertiary/aromatic N) is 2. The first-order valence-corrected chi connectivity index (χ1v) is 7.32. The van der Waals surface area contributed by atoms with Gasteiger partial charge in [-0.2, -0.15) is 0 Å². The average Bonchev–Trinajstić information content (AvgIpc) is 2.51. The zero-order valence-electron chi connectivity index (χ0n) is 13.0. The topological polar surface area (TPSA) is 91.8 Å². The lowest BCUT2D eigenvalue weighted by Gasteiger charge is -2.17. The van der Waals surface area contributed by atoms with Crippen LogP contribution < -0.4 is 10.1 Å². The molecule has 1 aromatic rings. The molecule has 0 saturated carbocycles. The summed E-state index contributed by atoms with van der Waals surface area (Å²) in [5, 5.41) is 11.3. The second-order valence-corrected chi connectivity index (χ2v) is 4.89. The minimum atomic E-state index is -0.932. The van der Waals surface area contributed by atoms with E-state index in [1.165, 1.54) is 4.90 Å². The molecule has 0 atom stereocenters. The molecule has 0 aliphatic heterocycles. The number of unbranched alkanes of at least 4 members (excludes halogenated alkanes) is 1. The summed E-state index contributed by atoms with van der Waals surface area (Å²) in [5.74, 6) is -0.414. The van der Waals surface area contributed by atoms with Gasteiger partial charge in [0.25, 0.3) is 0 Å². The molecule has 122 valence electrons. The van der Waals surface area contributed by atoms with Crippen molar-refractivity contribution in [1.29, 1.82) is 0 Å². The number of ether oxygens (including phenoxy) is 1. The van der Waals surface area contributed by atoms with Gasteiger partial charge < -0.3 is 20.1 Å². The highest BCUT2D eigenvalue weighted by Gasteiger charge is 2.11. The van der Waals surface area contributed by atoms with Crippen LogP contribution in [0.4, 0.5) is 4.79 Å². The molecule has 0 unspecified atom stereocenters. The maximum atomic E-state index is 11.9. The van der Waals surface area contributed by atoms with E-state index in [0.717, 1.165) is 18.4 Å². The number of hydrogen-bond acceptors (Lipinski definition) is 4. The number of amides is 2. The van der Waals surface area contributed by atoms with Crippen LogP contribution in [-0.2, 0) is 11.3 Å². The third-order valence-electron chi connectivity index (χ3n) is 3.02. The van der Waals surface area contributed by atoms with Crippen molar-refractivity contribution < 1.29 is 19.4 Å². The summed E-state index contributed by atoms with van der Waals surface area (Å²) >= 11 is 0. The van der Waals surface area contributed by atoms with Gasteiger partial charge in [0, 0.05) is 31.9 Å². The lowest BCUT2D eigenvalue weighted by atomic mass is 10.2. The zero-order chi connectivity index (χ0) is 16.4. The van der Waals surface area contributed by atoms with Crippen molar-refractivity contribution in [1.82, 2.24) is 15.2 Å². The number of aliphatic carboxylic acids is 1. The Kier molecular flexibility index (Phi) is 7.74. The highest BCUT2D eigenvalue weighted by atomic mass is 16.5. The Morgan fingerprint density at radius 3 is 2.91 bits per heavy atom. The van der Waals surface area contributed by atoms with Crippen molar-refractivity contribution in [3.63, 3.8) is 0 Å². The molecule has 2 amide bonds. The predicted molar refractivity (Wildman–Crippen MR) is 81.8 cm³/mol. The quantitative estimate of drug-likeness (QED) is 0.680. The molecule has 0 aromatic carbocycles. The number of pyridine rings is 1. The number of carbonyl (C=O) groups excluding carboxylic acids is 1. The van der Waals surface area contributed by atoms with Crippen LogP contribution in [0.3, 0.4) is 0 Å². The van der Waals surface area contributed by atoms with E-state index in [2.05, 4.69) is 17.2 Å². The second-order valence-electron chi connectivity index (χ2n) is 4.89. The van der Waals surface area contributed by atoms with Crippen LogP contribution in [0.15, 0.2) is 18.3 Å². The summed E-state index contributed by atoms with van der Waals surface area (Å²) in [6, 6.07) is 3.29. The molecule has 22 heavy (non-hydrogen) atoms. The van der Waals surface area contributed by atoms with Crippen LogP contribution in [0.25, 0.3) is 0 Å². The molecule has 2 N–H and O–H groups in total. The van der Waals surface area contributed by atoms with Gasteiger partial charge in [0.2, 0.25) is 5.88 Å². The van der Waals surface area contributed by atoms with E-state index in [1.807, 2.05) is 6.07 Å². The van der Waals surface area contributed by atoms with Gasteiger partial charge in [0.1, 0.15) is 0 Å². The summed E-state index contributed by atoms with van der Waals surface area (Å²) < 4.78 is 5.60. The molecule has 0 radical (unpaired) electrons. The Labute approximate surface area is 130 Å². The Morgan fingerprint density at radius 1 is 1.45 bits per heavy atom. The largest absolute Gasteiger partial charge is 0.481 e. The summed E-state index contributed by atoms with van der Waals surface area (Å²) in [5.41, 5.74) is 0.790. The molecule has 1 rings (SSSR count). The van der Waals surface area contributed by atoms with Gasteiger partial charge in [0.15, 0.2) is 0 Å². The lowest BCUT2D eigenvalue weighted by Crippen LogP contribution is -2.38. The van der Waals surface area contributed by atoms with Gasteiger partial charge in [-0.25, -0.2) is 9.78 Å². The lowest BCUT2D eigenvalue weighted by molar-refractivity contribution is -0.137.